The first-order valence-electron chi connectivity index (χ1n) is 7.52. The fourth-order valence-electron chi connectivity index (χ4n) is 2.55. The second-order valence-electron chi connectivity index (χ2n) is 6.34. The smallest absolute Gasteiger partial charge is 0.322 e. The highest BCUT2D eigenvalue weighted by molar-refractivity contribution is 5.91. The molecular formula is C17H19FN4O. The van der Waals surface area contributed by atoms with Crippen molar-refractivity contribution in [1.29, 1.82) is 0 Å². The summed E-state index contributed by atoms with van der Waals surface area (Å²) >= 11 is 0. The second-order valence-corrected chi connectivity index (χ2v) is 6.34. The first-order valence-corrected chi connectivity index (χ1v) is 7.52. The Hall–Kier alpha value is -2.50. The van der Waals surface area contributed by atoms with Gasteiger partial charge < -0.3 is 4.90 Å². The van der Waals surface area contributed by atoms with Crippen LogP contribution in [0, 0.1) is 5.82 Å². The number of anilines is 1. The van der Waals surface area contributed by atoms with Crippen LogP contribution in [0.5, 0.6) is 0 Å². The predicted molar refractivity (Wildman–Crippen MR) is 86.6 cm³/mol. The normalized spacial score (nSPS) is 17.5. The number of benzene rings is 1. The monoisotopic (exact) mass is 314 g/mol. The van der Waals surface area contributed by atoms with Gasteiger partial charge in [0.15, 0.2) is 0 Å². The largest absolute Gasteiger partial charge is 0.327 e. The van der Waals surface area contributed by atoms with E-state index >= 15 is 0 Å². The van der Waals surface area contributed by atoms with Crippen molar-refractivity contribution >= 4 is 12.0 Å². The number of rotatable bonds is 2. The van der Waals surface area contributed by atoms with Crippen molar-refractivity contribution in [3.8, 4) is 11.1 Å². The molecule has 6 heteroatoms. The molecule has 1 aromatic heterocycles. The van der Waals surface area contributed by atoms with E-state index in [2.05, 4.69) is 9.97 Å². The molecule has 0 saturated carbocycles. The predicted octanol–water partition coefficient (Wildman–Crippen LogP) is 3.32. The van der Waals surface area contributed by atoms with Crippen molar-refractivity contribution in [2.24, 2.45) is 0 Å². The fourth-order valence-corrected chi connectivity index (χ4v) is 2.55. The van der Waals surface area contributed by atoms with Gasteiger partial charge in [-0.05, 0) is 38.0 Å². The summed E-state index contributed by atoms with van der Waals surface area (Å²) in [6.07, 6.45) is 4.07. The summed E-state index contributed by atoms with van der Waals surface area (Å²) < 4.78 is 13.3. The zero-order valence-corrected chi connectivity index (χ0v) is 13.5. The Bertz CT molecular complexity index is 730. The van der Waals surface area contributed by atoms with Gasteiger partial charge in [0.25, 0.3) is 0 Å². The molecule has 1 aliphatic rings. The maximum Gasteiger partial charge on any atom is 0.327 e. The van der Waals surface area contributed by atoms with Crippen LogP contribution in [0.15, 0.2) is 36.7 Å². The molecule has 2 aromatic rings. The van der Waals surface area contributed by atoms with E-state index in [-0.39, 0.29) is 17.4 Å². The van der Waals surface area contributed by atoms with Gasteiger partial charge in [0.1, 0.15) is 5.82 Å². The van der Waals surface area contributed by atoms with Crippen LogP contribution >= 0.6 is 0 Å². The lowest BCUT2D eigenvalue weighted by atomic mass is 9.96. The lowest BCUT2D eigenvalue weighted by molar-refractivity contribution is 0.140. The SMILES string of the molecule is CN1C(=O)N(c2ncc(-c3cccc(F)c3)cn2)CCC1(C)C. The van der Waals surface area contributed by atoms with E-state index in [0.717, 1.165) is 6.42 Å². The maximum absolute atomic E-state index is 13.3. The van der Waals surface area contributed by atoms with Gasteiger partial charge in [0.2, 0.25) is 5.95 Å². The molecule has 0 radical (unpaired) electrons. The Balaban J connectivity index is 1.84. The third-order valence-electron chi connectivity index (χ3n) is 4.41. The van der Waals surface area contributed by atoms with Gasteiger partial charge in [-0.3, -0.25) is 4.90 Å². The summed E-state index contributed by atoms with van der Waals surface area (Å²) in [5.41, 5.74) is 1.25. The summed E-state index contributed by atoms with van der Waals surface area (Å²) in [4.78, 5) is 24.3. The Morgan fingerprint density at radius 3 is 2.52 bits per heavy atom. The van der Waals surface area contributed by atoms with Crippen LogP contribution in [0.1, 0.15) is 20.3 Å². The van der Waals surface area contributed by atoms with E-state index in [9.17, 15) is 9.18 Å². The second kappa shape index (κ2) is 5.61. The van der Waals surface area contributed by atoms with Crippen molar-refractivity contribution in [1.82, 2.24) is 14.9 Å². The molecule has 1 fully saturated rings. The number of carbonyl (C=O) groups is 1. The Morgan fingerprint density at radius 2 is 1.87 bits per heavy atom. The van der Waals surface area contributed by atoms with Gasteiger partial charge in [-0.15, -0.1) is 0 Å². The van der Waals surface area contributed by atoms with Crippen molar-refractivity contribution < 1.29 is 9.18 Å². The molecule has 0 atom stereocenters. The summed E-state index contributed by atoms with van der Waals surface area (Å²) in [6.45, 7) is 4.65. The number of halogens is 1. The molecule has 5 nitrogen and oxygen atoms in total. The number of nitrogens with zero attached hydrogens (tertiary/aromatic N) is 4. The molecule has 2 amide bonds. The van der Waals surface area contributed by atoms with Gasteiger partial charge in [-0.2, -0.15) is 0 Å². The minimum Gasteiger partial charge on any atom is -0.322 e. The topological polar surface area (TPSA) is 49.3 Å². The zero-order chi connectivity index (χ0) is 16.6. The van der Waals surface area contributed by atoms with Gasteiger partial charge >= 0.3 is 6.03 Å². The van der Waals surface area contributed by atoms with Gasteiger partial charge in [0.05, 0.1) is 0 Å². The standard InChI is InChI=1S/C17H19FN4O/c1-17(2)7-8-22(16(23)21(17)3)15-19-10-13(11-20-15)12-5-4-6-14(18)9-12/h4-6,9-11H,7-8H2,1-3H3. The number of amides is 2. The molecular weight excluding hydrogens is 295 g/mol. The average Bonchev–Trinajstić information content (AvgIpc) is 2.53. The number of hydrogen-bond acceptors (Lipinski definition) is 3. The van der Waals surface area contributed by atoms with Crippen molar-refractivity contribution in [2.45, 2.75) is 25.8 Å². The van der Waals surface area contributed by atoms with Gasteiger partial charge in [-0.25, -0.2) is 19.2 Å². The van der Waals surface area contributed by atoms with Gasteiger partial charge in [0, 0.05) is 37.1 Å². The van der Waals surface area contributed by atoms with E-state index in [4.69, 9.17) is 0 Å². The van der Waals surface area contributed by atoms with E-state index in [1.807, 2.05) is 13.8 Å². The highest BCUT2D eigenvalue weighted by Crippen LogP contribution is 2.27. The molecule has 0 N–H and O–H groups in total. The Kier molecular flexibility index (Phi) is 3.75. The summed E-state index contributed by atoms with van der Waals surface area (Å²) in [7, 11) is 1.79. The molecule has 0 aliphatic carbocycles. The molecule has 23 heavy (non-hydrogen) atoms. The van der Waals surface area contributed by atoms with Gasteiger partial charge in [-0.1, -0.05) is 12.1 Å². The van der Waals surface area contributed by atoms with E-state index in [0.29, 0.717) is 23.6 Å². The Labute approximate surface area is 134 Å². The Morgan fingerprint density at radius 1 is 1.17 bits per heavy atom. The molecule has 120 valence electrons. The third-order valence-corrected chi connectivity index (χ3v) is 4.41. The summed E-state index contributed by atoms with van der Waals surface area (Å²) in [5.74, 6) is 0.0687. The first-order chi connectivity index (χ1) is 10.9. The van der Waals surface area contributed by atoms with Crippen LogP contribution < -0.4 is 4.90 Å². The first kappa shape index (κ1) is 15.4. The average molecular weight is 314 g/mol. The summed E-state index contributed by atoms with van der Waals surface area (Å²) in [5, 5.41) is 0. The van der Waals surface area contributed by atoms with Crippen LogP contribution in [0.3, 0.4) is 0 Å². The highest BCUT2D eigenvalue weighted by atomic mass is 19.1. The molecule has 0 spiro atoms. The minimum atomic E-state index is -0.304. The molecule has 1 aliphatic heterocycles. The van der Waals surface area contributed by atoms with E-state index in [1.165, 1.54) is 12.1 Å². The van der Waals surface area contributed by atoms with Crippen LogP contribution in [0.4, 0.5) is 15.1 Å². The van der Waals surface area contributed by atoms with Crippen LogP contribution in [-0.4, -0.2) is 40.0 Å². The number of carbonyl (C=O) groups excluding carboxylic acids is 1. The number of hydrogen-bond donors (Lipinski definition) is 0. The summed E-state index contributed by atoms with van der Waals surface area (Å²) in [6, 6.07) is 6.15. The molecule has 0 bridgehead atoms. The zero-order valence-electron chi connectivity index (χ0n) is 13.5. The quantitative estimate of drug-likeness (QED) is 0.854. The minimum absolute atomic E-state index is 0.111. The molecule has 0 unspecified atom stereocenters. The van der Waals surface area contributed by atoms with E-state index < -0.39 is 0 Å². The van der Waals surface area contributed by atoms with Crippen molar-refractivity contribution in [3.63, 3.8) is 0 Å². The van der Waals surface area contributed by atoms with Crippen LogP contribution in [-0.2, 0) is 0 Å². The lowest BCUT2D eigenvalue weighted by Gasteiger charge is -2.43. The maximum atomic E-state index is 13.3. The van der Waals surface area contributed by atoms with Crippen LogP contribution in [0.25, 0.3) is 11.1 Å². The molecule has 3 rings (SSSR count). The molecule has 1 aromatic carbocycles. The van der Waals surface area contributed by atoms with Crippen molar-refractivity contribution in [2.75, 3.05) is 18.5 Å². The van der Waals surface area contributed by atoms with Crippen LogP contribution in [0.2, 0.25) is 0 Å². The van der Waals surface area contributed by atoms with Crippen molar-refractivity contribution in [3.05, 3.63) is 42.5 Å². The fraction of sp³-hybridized carbons (Fsp3) is 0.353. The lowest BCUT2D eigenvalue weighted by Crippen LogP contribution is -2.58. The van der Waals surface area contributed by atoms with E-state index in [1.54, 1.807) is 41.4 Å². The molecule has 2 heterocycles. The third kappa shape index (κ3) is 2.88. The molecule has 1 saturated heterocycles. The number of aromatic nitrogens is 2. The number of urea groups is 1. The highest BCUT2D eigenvalue weighted by Gasteiger charge is 2.37.